The van der Waals surface area contributed by atoms with Gasteiger partial charge in [0.05, 0.1) is 25.5 Å². The van der Waals surface area contributed by atoms with Gasteiger partial charge in [-0.1, -0.05) is 30.3 Å². The second kappa shape index (κ2) is 7.00. The van der Waals surface area contributed by atoms with Crippen LogP contribution < -0.4 is 10.1 Å². The van der Waals surface area contributed by atoms with Gasteiger partial charge in [0.2, 0.25) is 0 Å². The number of anilines is 1. The lowest BCUT2D eigenvalue weighted by molar-refractivity contribution is 0.102. The third kappa shape index (κ3) is 3.63. The lowest BCUT2D eigenvalue weighted by Crippen LogP contribution is -2.11. The van der Waals surface area contributed by atoms with Crippen LogP contribution in [0.15, 0.2) is 60.9 Å². The molecule has 0 saturated carbocycles. The highest BCUT2D eigenvalue weighted by molar-refractivity contribution is 6.04. The summed E-state index contributed by atoms with van der Waals surface area (Å²) in [4.78, 5) is 12.3. The van der Waals surface area contributed by atoms with Crippen LogP contribution >= 0.6 is 0 Å². The molecule has 1 amide bonds. The summed E-state index contributed by atoms with van der Waals surface area (Å²) >= 11 is 0. The second-order valence-corrected chi connectivity index (χ2v) is 5.54. The molecule has 0 aliphatic heterocycles. The molecule has 0 aliphatic rings. The normalized spacial score (nSPS) is 10.4. The van der Waals surface area contributed by atoms with Crippen molar-refractivity contribution in [3.63, 3.8) is 0 Å². The van der Waals surface area contributed by atoms with E-state index in [1.807, 2.05) is 23.0 Å². The van der Waals surface area contributed by atoms with Gasteiger partial charge in [0.15, 0.2) is 0 Å². The fraction of sp³-hybridized carbons (Fsp3) is 0.158. The van der Waals surface area contributed by atoms with Crippen molar-refractivity contribution in [2.45, 2.75) is 13.5 Å². The zero-order valence-electron chi connectivity index (χ0n) is 13.7. The van der Waals surface area contributed by atoms with Gasteiger partial charge in [-0.25, -0.2) is 0 Å². The molecule has 3 aromatic rings. The van der Waals surface area contributed by atoms with E-state index in [4.69, 9.17) is 4.74 Å². The Labute approximate surface area is 140 Å². The lowest BCUT2D eigenvalue weighted by Gasteiger charge is -2.06. The topological polar surface area (TPSA) is 56.1 Å². The van der Waals surface area contributed by atoms with Gasteiger partial charge >= 0.3 is 0 Å². The summed E-state index contributed by atoms with van der Waals surface area (Å²) in [6.07, 6.45) is 3.47. The number of carbonyl (C=O) groups excluding carboxylic acids is 1. The number of ether oxygens (including phenoxy) is 1. The lowest BCUT2D eigenvalue weighted by atomic mass is 10.1. The maximum atomic E-state index is 12.3. The maximum Gasteiger partial charge on any atom is 0.255 e. The molecule has 122 valence electrons. The number of hydrogen-bond acceptors (Lipinski definition) is 3. The quantitative estimate of drug-likeness (QED) is 0.782. The summed E-state index contributed by atoms with van der Waals surface area (Å²) in [6.45, 7) is 2.74. The molecule has 0 aliphatic carbocycles. The Bertz CT molecular complexity index is 855. The number of hydrogen-bond donors (Lipinski definition) is 1. The minimum Gasteiger partial charge on any atom is -0.497 e. The number of amides is 1. The van der Waals surface area contributed by atoms with Gasteiger partial charge in [0.1, 0.15) is 5.75 Å². The van der Waals surface area contributed by atoms with Gasteiger partial charge < -0.3 is 10.1 Å². The fourth-order valence-corrected chi connectivity index (χ4v) is 2.44. The molecule has 5 nitrogen and oxygen atoms in total. The smallest absolute Gasteiger partial charge is 0.255 e. The van der Waals surface area contributed by atoms with Crippen molar-refractivity contribution in [2.24, 2.45) is 0 Å². The third-order valence-corrected chi connectivity index (χ3v) is 3.82. The first kappa shape index (κ1) is 15.8. The van der Waals surface area contributed by atoms with E-state index in [1.165, 1.54) is 11.1 Å². The van der Waals surface area contributed by atoms with E-state index in [9.17, 15) is 4.79 Å². The van der Waals surface area contributed by atoms with Crippen molar-refractivity contribution < 1.29 is 9.53 Å². The molecule has 0 unspecified atom stereocenters. The molecule has 1 aromatic heterocycles. The number of nitrogens with zero attached hydrogens (tertiary/aromatic N) is 2. The van der Waals surface area contributed by atoms with E-state index in [0.717, 1.165) is 0 Å². The number of methoxy groups -OCH3 is 1. The van der Waals surface area contributed by atoms with Gasteiger partial charge in [-0.05, 0) is 36.2 Å². The molecule has 24 heavy (non-hydrogen) atoms. The maximum absolute atomic E-state index is 12.3. The molecule has 0 atom stereocenters. The molecule has 5 heteroatoms. The molecule has 2 aromatic carbocycles. The average molecular weight is 321 g/mol. The molecule has 0 spiro atoms. The highest BCUT2D eigenvalue weighted by atomic mass is 16.5. The number of benzene rings is 2. The van der Waals surface area contributed by atoms with Gasteiger partial charge in [-0.15, -0.1) is 0 Å². The van der Waals surface area contributed by atoms with Crippen molar-refractivity contribution in [2.75, 3.05) is 12.4 Å². The fourth-order valence-electron chi connectivity index (χ4n) is 2.44. The van der Waals surface area contributed by atoms with Crippen LogP contribution in [0.1, 0.15) is 21.5 Å². The first-order valence-corrected chi connectivity index (χ1v) is 7.68. The van der Waals surface area contributed by atoms with Crippen molar-refractivity contribution in [1.29, 1.82) is 0 Å². The van der Waals surface area contributed by atoms with Crippen molar-refractivity contribution in [3.05, 3.63) is 77.6 Å². The molecule has 0 saturated heterocycles. The molecule has 0 radical (unpaired) electrons. The summed E-state index contributed by atoms with van der Waals surface area (Å²) in [5.41, 5.74) is 3.62. The summed E-state index contributed by atoms with van der Waals surface area (Å²) in [6, 6.07) is 15.2. The number of aryl methyl sites for hydroxylation is 1. The van der Waals surface area contributed by atoms with E-state index in [2.05, 4.69) is 29.5 Å². The molecule has 3 rings (SSSR count). The molecule has 1 N–H and O–H groups in total. The average Bonchev–Trinajstić information content (AvgIpc) is 3.04. The van der Waals surface area contributed by atoms with Crippen LogP contribution in [0.4, 0.5) is 5.69 Å². The van der Waals surface area contributed by atoms with E-state index in [-0.39, 0.29) is 5.91 Å². The largest absolute Gasteiger partial charge is 0.497 e. The first-order valence-electron chi connectivity index (χ1n) is 7.68. The zero-order chi connectivity index (χ0) is 16.9. The van der Waals surface area contributed by atoms with Crippen LogP contribution in [0.2, 0.25) is 0 Å². The van der Waals surface area contributed by atoms with Crippen LogP contribution in [0, 0.1) is 6.92 Å². The Balaban J connectivity index is 1.69. The van der Waals surface area contributed by atoms with Crippen LogP contribution in [0.3, 0.4) is 0 Å². The molecular formula is C19H19N3O2. The molecule has 0 bridgehead atoms. The minimum absolute atomic E-state index is 0.190. The van der Waals surface area contributed by atoms with E-state index in [0.29, 0.717) is 23.5 Å². The Morgan fingerprint density at radius 1 is 1.21 bits per heavy atom. The van der Waals surface area contributed by atoms with Crippen molar-refractivity contribution in [3.8, 4) is 5.75 Å². The van der Waals surface area contributed by atoms with Gasteiger partial charge in [-0.2, -0.15) is 5.10 Å². The van der Waals surface area contributed by atoms with Crippen molar-refractivity contribution in [1.82, 2.24) is 9.78 Å². The Morgan fingerprint density at radius 3 is 2.83 bits per heavy atom. The number of carbonyl (C=O) groups is 1. The predicted octanol–water partition coefficient (Wildman–Crippen LogP) is 3.50. The summed E-state index contributed by atoms with van der Waals surface area (Å²) in [5, 5.41) is 7.16. The van der Waals surface area contributed by atoms with E-state index < -0.39 is 0 Å². The highest BCUT2D eigenvalue weighted by Gasteiger charge is 2.09. The van der Waals surface area contributed by atoms with Gasteiger partial charge in [0.25, 0.3) is 5.91 Å². The number of rotatable bonds is 5. The highest BCUT2D eigenvalue weighted by Crippen LogP contribution is 2.15. The van der Waals surface area contributed by atoms with E-state index in [1.54, 1.807) is 37.6 Å². The van der Waals surface area contributed by atoms with E-state index >= 15 is 0 Å². The minimum atomic E-state index is -0.190. The second-order valence-electron chi connectivity index (χ2n) is 5.54. The monoisotopic (exact) mass is 321 g/mol. The van der Waals surface area contributed by atoms with Crippen LogP contribution in [0.25, 0.3) is 0 Å². The summed E-state index contributed by atoms with van der Waals surface area (Å²) in [7, 11) is 1.58. The Kier molecular flexibility index (Phi) is 4.61. The Hall–Kier alpha value is -3.08. The SMILES string of the molecule is COc1cccc(C(=O)Nc2cnn(Cc3ccccc3C)c2)c1. The standard InChI is InChI=1S/C19H19N3O2/c1-14-6-3-4-7-16(14)12-22-13-17(11-20-22)21-19(23)15-8-5-9-18(10-15)24-2/h3-11,13H,12H2,1-2H3,(H,21,23). The van der Waals surface area contributed by atoms with Crippen molar-refractivity contribution >= 4 is 11.6 Å². The van der Waals surface area contributed by atoms with Gasteiger partial charge in [-0.3, -0.25) is 9.48 Å². The molecule has 0 fully saturated rings. The van der Waals surface area contributed by atoms with Crippen LogP contribution in [-0.2, 0) is 6.54 Å². The molecular weight excluding hydrogens is 302 g/mol. The molecule has 1 heterocycles. The Morgan fingerprint density at radius 2 is 2.04 bits per heavy atom. The summed E-state index contributed by atoms with van der Waals surface area (Å²) in [5.74, 6) is 0.460. The number of nitrogens with one attached hydrogen (secondary N) is 1. The third-order valence-electron chi connectivity index (χ3n) is 3.82. The number of aromatic nitrogens is 2. The van der Waals surface area contributed by atoms with Crippen LogP contribution in [0.5, 0.6) is 5.75 Å². The van der Waals surface area contributed by atoms with Gasteiger partial charge in [0, 0.05) is 11.8 Å². The zero-order valence-corrected chi connectivity index (χ0v) is 13.7. The predicted molar refractivity (Wildman–Crippen MR) is 93.5 cm³/mol. The summed E-state index contributed by atoms with van der Waals surface area (Å²) < 4.78 is 6.95. The van der Waals surface area contributed by atoms with Crippen LogP contribution in [-0.4, -0.2) is 22.8 Å². The first-order chi connectivity index (χ1) is 11.7.